The molecular weight excluding hydrogens is 536 g/mol. The van der Waals surface area contributed by atoms with Gasteiger partial charge in [0, 0.05) is 37.1 Å². The highest BCUT2D eigenvalue weighted by molar-refractivity contribution is 6.31. The van der Waals surface area contributed by atoms with Gasteiger partial charge in [0.1, 0.15) is 6.54 Å². The van der Waals surface area contributed by atoms with E-state index in [0.717, 1.165) is 24.0 Å². The normalized spacial score (nSPS) is 19.8. The molecule has 2 unspecified atom stereocenters. The zero-order valence-corrected chi connectivity index (χ0v) is 23.0. The second-order valence-electron chi connectivity index (χ2n) is 10.3. The van der Waals surface area contributed by atoms with Crippen molar-refractivity contribution in [2.24, 2.45) is 5.92 Å². The SMILES string of the molecule is O=C(CCCN1C(=O)C2CCCCC2N(CC(=O)NCc2ccccc2Cl)C1=O)NCc1ccc2c(c1)OCO2. The molecule has 0 bridgehead atoms. The van der Waals surface area contributed by atoms with Crippen LogP contribution in [0.1, 0.15) is 49.7 Å². The van der Waals surface area contributed by atoms with Crippen LogP contribution in [0.25, 0.3) is 0 Å². The zero-order valence-electron chi connectivity index (χ0n) is 22.2. The Kier molecular flexibility index (Phi) is 8.74. The lowest BCUT2D eigenvalue weighted by Crippen LogP contribution is -2.64. The van der Waals surface area contributed by atoms with E-state index in [1.165, 1.54) is 9.80 Å². The number of benzene rings is 2. The Labute approximate surface area is 237 Å². The van der Waals surface area contributed by atoms with E-state index in [0.29, 0.717) is 42.3 Å². The summed E-state index contributed by atoms with van der Waals surface area (Å²) in [5.74, 6) is 0.303. The van der Waals surface area contributed by atoms with Crippen LogP contribution in [0.15, 0.2) is 42.5 Å². The van der Waals surface area contributed by atoms with Crippen molar-refractivity contribution in [2.45, 2.75) is 57.7 Å². The number of nitrogens with zero attached hydrogens (tertiary/aromatic N) is 2. The third kappa shape index (κ3) is 6.33. The van der Waals surface area contributed by atoms with E-state index in [-0.39, 0.29) is 62.5 Å². The van der Waals surface area contributed by atoms with Crippen LogP contribution in [-0.2, 0) is 27.5 Å². The van der Waals surface area contributed by atoms with Gasteiger partial charge in [-0.15, -0.1) is 0 Å². The number of hydrogen-bond acceptors (Lipinski definition) is 6. The third-order valence-corrected chi connectivity index (χ3v) is 8.02. The monoisotopic (exact) mass is 568 g/mol. The summed E-state index contributed by atoms with van der Waals surface area (Å²) in [5.41, 5.74) is 1.66. The second-order valence-corrected chi connectivity index (χ2v) is 10.7. The highest BCUT2D eigenvalue weighted by atomic mass is 35.5. The zero-order chi connectivity index (χ0) is 28.1. The van der Waals surface area contributed by atoms with Crippen LogP contribution in [0.2, 0.25) is 5.02 Å². The Bertz CT molecular complexity index is 1290. The molecule has 1 saturated heterocycles. The molecule has 2 N–H and O–H groups in total. The van der Waals surface area contributed by atoms with Crippen molar-refractivity contribution in [3.63, 3.8) is 0 Å². The maximum absolute atomic E-state index is 13.4. The molecule has 1 saturated carbocycles. The average molecular weight is 569 g/mol. The van der Waals surface area contributed by atoms with Gasteiger partial charge in [0.25, 0.3) is 0 Å². The molecule has 1 aliphatic carbocycles. The largest absolute Gasteiger partial charge is 0.454 e. The minimum absolute atomic E-state index is 0.121. The Hall–Kier alpha value is -3.79. The fourth-order valence-electron chi connectivity index (χ4n) is 5.54. The molecule has 3 aliphatic rings. The van der Waals surface area contributed by atoms with Gasteiger partial charge in [-0.25, -0.2) is 4.79 Å². The molecule has 0 aromatic heterocycles. The predicted molar refractivity (Wildman–Crippen MR) is 147 cm³/mol. The average Bonchev–Trinajstić information content (AvgIpc) is 3.43. The molecule has 2 aliphatic heterocycles. The Morgan fingerprint density at radius 1 is 0.950 bits per heavy atom. The van der Waals surface area contributed by atoms with Gasteiger partial charge in [0.15, 0.2) is 11.5 Å². The first-order valence-electron chi connectivity index (χ1n) is 13.7. The highest BCUT2D eigenvalue weighted by Crippen LogP contribution is 2.35. The van der Waals surface area contributed by atoms with Gasteiger partial charge in [-0.2, -0.15) is 0 Å². The van der Waals surface area contributed by atoms with Crippen molar-refractivity contribution in [3.05, 3.63) is 58.6 Å². The Morgan fingerprint density at radius 3 is 2.58 bits per heavy atom. The standard InChI is InChI=1S/C29H33ClN4O6/c30-22-8-3-1-6-20(22)16-32-27(36)17-34-23-9-4-2-7-21(23)28(37)33(29(34)38)13-5-10-26(35)31-15-19-11-12-24-25(14-19)40-18-39-24/h1,3,6,8,11-12,14,21,23H,2,4-5,7,9-10,13,15-18H2,(H,31,35)(H,32,36). The van der Waals surface area contributed by atoms with Crippen LogP contribution >= 0.6 is 11.6 Å². The van der Waals surface area contributed by atoms with Crippen LogP contribution in [0.5, 0.6) is 11.5 Å². The van der Waals surface area contributed by atoms with E-state index >= 15 is 0 Å². The Morgan fingerprint density at radius 2 is 1.73 bits per heavy atom. The van der Waals surface area contributed by atoms with Gasteiger partial charge >= 0.3 is 6.03 Å². The molecule has 5 rings (SSSR count). The Balaban J connectivity index is 1.14. The number of fused-ring (bicyclic) bond motifs is 2. The summed E-state index contributed by atoms with van der Waals surface area (Å²) in [6.07, 6.45) is 3.67. The van der Waals surface area contributed by atoms with Crippen molar-refractivity contribution in [1.82, 2.24) is 20.4 Å². The molecule has 0 radical (unpaired) electrons. The molecule has 2 aromatic carbocycles. The van der Waals surface area contributed by atoms with Crippen LogP contribution < -0.4 is 20.1 Å². The molecule has 40 heavy (non-hydrogen) atoms. The second kappa shape index (κ2) is 12.6. The number of carbonyl (C=O) groups excluding carboxylic acids is 4. The molecule has 11 heteroatoms. The minimum Gasteiger partial charge on any atom is -0.454 e. The van der Waals surface area contributed by atoms with Crippen molar-refractivity contribution in [3.8, 4) is 11.5 Å². The fraction of sp³-hybridized carbons (Fsp3) is 0.448. The number of imide groups is 1. The van der Waals surface area contributed by atoms with Gasteiger partial charge in [-0.05, 0) is 48.6 Å². The van der Waals surface area contributed by atoms with Gasteiger partial charge in [-0.1, -0.05) is 48.7 Å². The summed E-state index contributed by atoms with van der Waals surface area (Å²) in [4.78, 5) is 54.8. The lowest BCUT2D eigenvalue weighted by atomic mass is 9.81. The highest BCUT2D eigenvalue weighted by Gasteiger charge is 2.47. The summed E-state index contributed by atoms with van der Waals surface area (Å²) in [7, 11) is 0. The molecular formula is C29H33ClN4O6. The summed E-state index contributed by atoms with van der Waals surface area (Å²) < 4.78 is 10.7. The summed E-state index contributed by atoms with van der Waals surface area (Å²) >= 11 is 6.19. The number of urea groups is 1. The number of halogens is 1. The third-order valence-electron chi connectivity index (χ3n) is 7.65. The molecule has 2 heterocycles. The molecule has 2 atom stereocenters. The number of hydrogen-bond donors (Lipinski definition) is 2. The van der Waals surface area contributed by atoms with Crippen molar-refractivity contribution in [1.29, 1.82) is 0 Å². The number of rotatable bonds is 10. The maximum Gasteiger partial charge on any atom is 0.327 e. The van der Waals surface area contributed by atoms with E-state index < -0.39 is 6.03 Å². The van der Waals surface area contributed by atoms with Crippen LogP contribution in [-0.4, -0.2) is 59.5 Å². The van der Waals surface area contributed by atoms with E-state index in [9.17, 15) is 19.2 Å². The minimum atomic E-state index is -0.471. The van der Waals surface area contributed by atoms with Crippen molar-refractivity contribution in [2.75, 3.05) is 19.9 Å². The van der Waals surface area contributed by atoms with Crippen LogP contribution in [0.4, 0.5) is 4.79 Å². The smallest absolute Gasteiger partial charge is 0.327 e. The summed E-state index contributed by atoms with van der Waals surface area (Å²) in [6.45, 7) is 0.752. The van der Waals surface area contributed by atoms with Crippen molar-refractivity contribution < 1.29 is 28.7 Å². The van der Waals surface area contributed by atoms with E-state index in [4.69, 9.17) is 21.1 Å². The van der Waals surface area contributed by atoms with E-state index in [1.54, 1.807) is 12.1 Å². The van der Waals surface area contributed by atoms with Gasteiger partial charge in [0.05, 0.1) is 5.92 Å². The molecule has 2 aromatic rings. The van der Waals surface area contributed by atoms with Gasteiger partial charge < -0.3 is 25.0 Å². The first-order valence-corrected chi connectivity index (χ1v) is 14.1. The van der Waals surface area contributed by atoms with Crippen molar-refractivity contribution >= 4 is 35.4 Å². The molecule has 0 spiro atoms. The first-order chi connectivity index (χ1) is 19.4. The predicted octanol–water partition coefficient (Wildman–Crippen LogP) is 3.60. The van der Waals surface area contributed by atoms with E-state index in [1.807, 2.05) is 30.3 Å². The molecule has 212 valence electrons. The van der Waals surface area contributed by atoms with E-state index in [2.05, 4.69) is 10.6 Å². The van der Waals surface area contributed by atoms with Crippen LogP contribution in [0, 0.1) is 5.92 Å². The first kappa shape index (κ1) is 27.8. The van der Waals surface area contributed by atoms with Gasteiger partial charge in [0.2, 0.25) is 24.5 Å². The number of amides is 5. The molecule has 2 fully saturated rings. The lowest BCUT2D eigenvalue weighted by molar-refractivity contribution is -0.142. The number of nitrogens with one attached hydrogen (secondary N) is 2. The van der Waals surface area contributed by atoms with Gasteiger partial charge in [-0.3, -0.25) is 19.3 Å². The quantitative estimate of drug-likeness (QED) is 0.452. The summed E-state index contributed by atoms with van der Waals surface area (Å²) in [5, 5.41) is 6.26. The topological polar surface area (TPSA) is 117 Å². The molecule has 10 nitrogen and oxygen atoms in total. The number of carbonyl (C=O) groups is 4. The fourth-order valence-corrected chi connectivity index (χ4v) is 5.74. The summed E-state index contributed by atoms with van der Waals surface area (Å²) in [6, 6.07) is 12.0. The maximum atomic E-state index is 13.4. The molecule has 5 amide bonds. The van der Waals surface area contributed by atoms with Crippen LogP contribution in [0.3, 0.4) is 0 Å². The number of ether oxygens (including phenoxy) is 2. The lowest BCUT2D eigenvalue weighted by Gasteiger charge is -2.46.